The van der Waals surface area contributed by atoms with Crippen molar-refractivity contribution in [1.29, 1.82) is 0 Å². The van der Waals surface area contributed by atoms with Crippen LogP contribution in [0.25, 0.3) is 12.2 Å². The van der Waals surface area contributed by atoms with Crippen LogP contribution in [-0.2, 0) is 30.4 Å². The summed E-state index contributed by atoms with van der Waals surface area (Å²) in [6.07, 6.45) is 2.31. The van der Waals surface area contributed by atoms with Crippen molar-refractivity contribution in [1.82, 2.24) is 9.62 Å². The van der Waals surface area contributed by atoms with E-state index in [0.29, 0.717) is 6.54 Å². The number of carbonyl (C=O) groups is 1. The largest absolute Gasteiger partial charge is 0.338 e. The molecule has 0 radical (unpaired) electrons. The molecule has 192 valence electrons. The molecule has 5 N–H and O–H groups in total. The summed E-state index contributed by atoms with van der Waals surface area (Å²) in [5.74, 6) is 0. The first-order valence-electron chi connectivity index (χ1n) is 9.71. The van der Waals surface area contributed by atoms with Crippen molar-refractivity contribution in [3.8, 4) is 0 Å². The Morgan fingerprint density at radius 2 is 1.31 bits per heavy atom. The number of benzene rings is 2. The Labute approximate surface area is 203 Å². The standard InChI is InChI=1S/C19H24N4O9S3/c1-4-20-19(24)21-15-9-7-13(17(11-15)33(25,26)27)5-6-14-8-10-16(12-18(14)34(28,29)30)22-35(31,32)23(2)3/h5-12,22H,4H2,1-3H3,(H2,20,21,24)(H,25,26,27)(H,28,29,30). The highest BCUT2D eigenvalue weighted by atomic mass is 32.2. The molecule has 0 spiro atoms. The van der Waals surface area contributed by atoms with Gasteiger partial charge in [-0.15, -0.1) is 0 Å². The van der Waals surface area contributed by atoms with E-state index in [4.69, 9.17) is 0 Å². The molecule has 16 heteroatoms. The van der Waals surface area contributed by atoms with Crippen LogP contribution in [0.2, 0.25) is 0 Å². The van der Waals surface area contributed by atoms with Crippen molar-refractivity contribution in [3.05, 3.63) is 47.5 Å². The van der Waals surface area contributed by atoms with Gasteiger partial charge in [-0.2, -0.15) is 29.6 Å². The van der Waals surface area contributed by atoms with Crippen LogP contribution in [0.5, 0.6) is 0 Å². The van der Waals surface area contributed by atoms with Gasteiger partial charge in [-0.05, 0) is 42.3 Å². The Morgan fingerprint density at radius 3 is 1.74 bits per heavy atom. The van der Waals surface area contributed by atoms with Crippen molar-refractivity contribution >= 4 is 60.0 Å². The molecule has 2 aromatic rings. The van der Waals surface area contributed by atoms with Crippen molar-refractivity contribution in [2.75, 3.05) is 30.7 Å². The molecule has 0 saturated heterocycles. The highest BCUT2D eigenvalue weighted by Gasteiger charge is 2.20. The summed E-state index contributed by atoms with van der Waals surface area (Å²) in [6, 6.07) is 6.33. The van der Waals surface area contributed by atoms with E-state index < -0.39 is 46.3 Å². The van der Waals surface area contributed by atoms with E-state index in [1.807, 2.05) is 0 Å². The molecule has 0 unspecified atom stereocenters. The van der Waals surface area contributed by atoms with E-state index in [1.54, 1.807) is 6.92 Å². The second-order valence-electron chi connectivity index (χ2n) is 7.16. The van der Waals surface area contributed by atoms with Crippen LogP contribution in [0.15, 0.2) is 46.2 Å². The fourth-order valence-electron chi connectivity index (χ4n) is 2.69. The molecule has 2 rings (SSSR count). The summed E-state index contributed by atoms with van der Waals surface area (Å²) in [5.41, 5.74) is -0.251. The van der Waals surface area contributed by atoms with Gasteiger partial charge < -0.3 is 10.6 Å². The lowest BCUT2D eigenvalue weighted by molar-refractivity contribution is 0.252. The van der Waals surface area contributed by atoms with Crippen LogP contribution in [-0.4, -0.2) is 65.3 Å². The smallest absolute Gasteiger partial charge is 0.319 e. The molecule has 0 aliphatic heterocycles. The number of amides is 2. The monoisotopic (exact) mass is 548 g/mol. The van der Waals surface area contributed by atoms with Gasteiger partial charge in [0.15, 0.2) is 0 Å². The zero-order valence-corrected chi connectivity index (χ0v) is 21.2. The summed E-state index contributed by atoms with van der Waals surface area (Å²) < 4.78 is 93.8. The van der Waals surface area contributed by atoms with E-state index in [9.17, 15) is 39.2 Å². The Balaban J connectivity index is 2.52. The third kappa shape index (κ3) is 7.74. The van der Waals surface area contributed by atoms with Crippen molar-refractivity contribution in [2.45, 2.75) is 16.7 Å². The summed E-state index contributed by atoms with van der Waals surface area (Å²) in [4.78, 5) is 10.4. The maximum absolute atomic E-state index is 12.0. The third-order valence-electron chi connectivity index (χ3n) is 4.35. The summed E-state index contributed by atoms with van der Waals surface area (Å²) in [6.45, 7) is 2.00. The highest BCUT2D eigenvalue weighted by Crippen LogP contribution is 2.26. The molecule has 0 fully saturated rings. The van der Waals surface area contributed by atoms with Gasteiger partial charge in [0.2, 0.25) is 0 Å². The quantitative estimate of drug-likeness (QED) is 0.228. The topological polar surface area (TPSA) is 199 Å². The first kappa shape index (κ1) is 28.2. The van der Waals surface area contributed by atoms with Gasteiger partial charge in [-0.3, -0.25) is 13.8 Å². The summed E-state index contributed by atoms with van der Waals surface area (Å²) in [7, 11) is -11.0. The van der Waals surface area contributed by atoms with Crippen LogP contribution >= 0.6 is 0 Å². The first-order valence-corrected chi connectivity index (χ1v) is 14.0. The average molecular weight is 549 g/mol. The minimum atomic E-state index is -4.82. The van der Waals surface area contributed by atoms with Crippen molar-refractivity contribution in [3.63, 3.8) is 0 Å². The molecule has 0 aliphatic carbocycles. The Morgan fingerprint density at radius 1 is 0.857 bits per heavy atom. The summed E-state index contributed by atoms with van der Waals surface area (Å²) in [5, 5.41) is 4.85. The molecule has 0 heterocycles. The molecule has 13 nitrogen and oxygen atoms in total. The zero-order valence-electron chi connectivity index (χ0n) is 18.8. The SMILES string of the molecule is CCNC(=O)Nc1ccc(C=Cc2ccc(NS(=O)(=O)N(C)C)cc2S(=O)(=O)O)c(S(=O)(=O)O)c1. The number of hydrogen-bond acceptors (Lipinski definition) is 7. The van der Waals surface area contributed by atoms with Crippen molar-refractivity contribution < 1.29 is 39.2 Å². The van der Waals surface area contributed by atoms with Gasteiger partial charge in [0.05, 0.1) is 5.69 Å². The molecular weight excluding hydrogens is 524 g/mol. The fourth-order valence-corrected chi connectivity index (χ4v) is 4.71. The van der Waals surface area contributed by atoms with E-state index in [1.165, 1.54) is 38.4 Å². The number of rotatable bonds is 9. The zero-order chi connectivity index (χ0) is 26.6. The van der Waals surface area contributed by atoms with Crippen LogP contribution in [0.3, 0.4) is 0 Å². The van der Waals surface area contributed by atoms with Crippen LogP contribution < -0.4 is 15.4 Å². The minimum Gasteiger partial charge on any atom is -0.338 e. The van der Waals surface area contributed by atoms with Gasteiger partial charge in [-0.25, -0.2) is 4.79 Å². The number of nitrogens with zero attached hydrogens (tertiary/aromatic N) is 1. The number of carbonyl (C=O) groups excluding carboxylic acids is 1. The molecule has 2 amide bonds. The average Bonchev–Trinajstić information content (AvgIpc) is 2.71. The number of anilines is 2. The van der Waals surface area contributed by atoms with Crippen LogP contribution in [0, 0.1) is 0 Å². The van der Waals surface area contributed by atoms with Gasteiger partial charge in [-0.1, -0.05) is 24.3 Å². The van der Waals surface area contributed by atoms with E-state index in [0.717, 1.165) is 28.6 Å². The molecular formula is C19H24N4O9S3. The van der Waals surface area contributed by atoms with Crippen LogP contribution in [0.4, 0.5) is 16.2 Å². The molecule has 0 saturated carbocycles. The Bertz CT molecular complexity index is 1470. The first-order chi connectivity index (χ1) is 16.0. The second kappa shape index (κ2) is 10.7. The summed E-state index contributed by atoms with van der Waals surface area (Å²) >= 11 is 0. The Hall–Kier alpha value is -3.02. The maximum atomic E-state index is 12.0. The lowest BCUT2D eigenvalue weighted by Crippen LogP contribution is -2.29. The Kier molecular flexibility index (Phi) is 8.64. The predicted octanol–water partition coefficient (Wildman–Crippen LogP) is 1.71. The molecule has 0 aromatic heterocycles. The van der Waals surface area contributed by atoms with Gasteiger partial charge in [0, 0.05) is 26.3 Å². The fraction of sp³-hybridized carbons (Fsp3) is 0.211. The minimum absolute atomic E-state index is 0.0624. The van der Waals surface area contributed by atoms with Crippen molar-refractivity contribution in [2.24, 2.45) is 0 Å². The van der Waals surface area contributed by atoms with Crippen LogP contribution in [0.1, 0.15) is 18.1 Å². The maximum Gasteiger partial charge on any atom is 0.319 e. The predicted molar refractivity (Wildman–Crippen MR) is 130 cm³/mol. The number of urea groups is 1. The van der Waals surface area contributed by atoms with E-state index in [2.05, 4.69) is 15.4 Å². The number of hydrogen-bond donors (Lipinski definition) is 5. The van der Waals surface area contributed by atoms with Gasteiger partial charge in [0.25, 0.3) is 20.2 Å². The lowest BCUT2D eigenvalue weighted by atomic mass is 10.1. The second-order valence-corrected chi connectivity index (χ2v) is 11.8. The van der Waals surface area contributed by atoms with Gasteiger partial charge >= 0.3 is 16.2 Å². The third-order valence-corrected chi connectivity index (χ3v) is 7.62. The lowest BCUT2D eigenvalue weighted by Gasteiger charge is -2.14. The highest BCUT2D eigenvalue weighted by molar-refractivity contribution is 7.90. The van der Waals surface area contributed by atoms with E-state index in [-0.39, 0.29) is 22.5 Å². The van der Waals surface area contributed by atoms with Gasteiger partial charge in [0.1, 0.15) is 9.79 Å². The molecule has 0 aliphatic rings. The molecule has 0 bridgehead atoms. The number of nitrogens with one attached hydrogen (secondary N) is 3. The molecule has 2 aromatic carbocycles. The molecule has 0 atom stereocenters. The normalized spacial score (nSPS) is 12.6. The van der Waals surface area contributed by atoms with E-state index >= 15 is 0 Å². The molecule has 35 heavy (non-hydrogen) atoms.